The Bertz CT molecular complexity index is 3540. The van der Waals surface area contributed by atoms with Crippen molar-refractivity contribution in [1.82, 2.24) is 9.13 Å². The molecule has 0 aliphatic rings. The van der Waals surface area contributed by atoms with Gasteiger partial charge in [-0.25, -0.2) is 9.69 Å². The van der Waals surface area contributed by atoms with Crippen molar-refractivity contribution in [2.45, 2.75) is 13.8 Å². The first-order valence-electron chi connectivity index (χ1n) is 20.3. The molecule has 11 rings (SSSR count). The maximum Gasteiger partial charge on any atom is 0.188 e. The van der Waals surface area contributed by atoms with E-state index in [-0.39, 0.29) is 0 Å². The zero-order valence-corrected chi connectivity index (χ0v) is 33.7. The summed E-state index contributed by atoms with van der Waals surface area (Å²) >= 11 is 0. The summed E-state index contributed by atoms with van der Waals surface area (Å²) in [5.41, 5.74) is 14.9. The molecular formula is C56H32N6. The lowest BCUT2D eigenvalue weighted by Crippen LogP contribution is -1.99. The van der Waals surface area contributed by atoms with Gasteiger partial charge in [0.25, 0.3) is 0 Å². The van der Waals surface area contributed by atoms with Gasteiger partial charge in [0.15, 0.2) is 11.4 Å². The van der Waals surface area contributed by atoms with E-state index < -0.39 is 0 Å². The molecule has 0 bridgehead atoms. The van der Waals surface area contributed by atoms with Crippen molar-refractivity contribution in [3.05, 3.63) is 203 Å². The third kappa shape index (κ3) is 5.32. The van der Waals surface area contributed by atoms with Gasteiger partial charge in [0.2, 0.25) is 0 Å². The molecule has 0 N–H and O–H groups in total. The van der Waals surface area contributed by atoms with Crippen LogP contribution in [0.5, 0.6) is 0 Å². The SMILES string of the molecule is [C-]#[N+]c1ccc2c(c1)c1cc(C#N)ccc1n2-c1ccc2c(-c3ccccc3C)c3cc(-n4c5ccc(C#N)cc5c5cc([N+]#[C-])ccc54)ccc3c(-c3ccccc3C)c2c1. The highest BCUT2D eigenvalue weighted by atomic mass is 15.0. The summed E-state index contributed by atoms with van der Waals surface area (Å²) in [7, 11) is 0. The van der Waals surface area contributed by atoms with E-state index in [9.17, 15) is 10.5 Å². The highest BCUT2D eigenvalue weighted by Gasteiger charge is 2.23. The number of nitriles is 2. The molecule has 11 aromatic rings. The van der Waals surface area contributed by atoms with Crippen molar-refractivity contribution in [3.8, 4) is 45.8 Å². The standard InChI is InChI=1S/C56H32N6/c1-33-9-5-7-11-41(33)55-43-19-17-40(62-52-22-14-36(32-58)26-46(52)48-28-38(60-4)16-24-54(48)62)30-50(43)56(42-12-8-6-10-34(42)2)44-20-18-39(29-49(44)55)61-51-21-13-35(31-57)25-45(51)47-27-37(59-3)15-23-53(47)61/h5-30H,1-2H3. The molecule has 9 aromatic carbocycles. The summed E-state index contributed by atoms with van der Waals surface area (Å²) < 4.78 is 4.50. The van der Waals surface area contributed by atoms with E-state index >= 15 is 0 Å². The van der Waals surface area contributed by atoms with Gasteiger partial charge in [-0.15, -0.1) is 0 Å². The highest BCUT2D eigenvalue weighted by molar-refractivity contribution is 6.23. The van der Waals surface area contributed by atoms with Crippen molar-refractivity contribution < 1.29 is 0 Å². The van der Waals surface area contributed by atoms with Crippen molar-refractivity contribution in [1.29, 1.82) is 10.5 Å². The van der Waals surface area contributed by atoms with Crippen LogP contribution in [0.4, 0.5) is 11.4 Å². The Hall–Kier alpha value is -8.94. The minimum atomic E-state index is 0.550. The van der Waals surface area contributed by atoms with Crippen LogP contribution in [0.15, 0.2) is 158 Å². The van der Waals surface area contributed by atoms with Gasteiger partial charge in [-0.1, -0.05) is 72.8 Å². The molecule has 0 saturated carbocycles. The number of rotatable bonds is 4. The number of hydrogen-bond donors (Lipinski definition) is 0. The molecule has 62 heavy (non-hydrogen) atoms. The molecule has 0 aliphatic heterocycles. The normalized spacial score (nSPS) is 11.3. The van der Waals surface area contributed by atoms with Crippen molar-refractivity contribution in [2.75, 3.05) is 0 Å². The highest BCUT2D eigenvalue weighted by Crippen LogP contribution is 2.48. The molecule has 0 unspecified atom stereocenters. The van der Waals surface area contributed by atoms with Crippen molar-refractivity contribution in [2.24, 2.45) is 0 Å². The van der Waals surface area contributed by atoms with Crippen molar-refractivity contribution in [3.63, 3.8) is 0 Å². The largest absolute Gasteiger partial charge is 0.309 e. The monoisotopic (exact) mass is 788 g/mol. The molecule has 0 radical (unpaired) electrons. The fourth-order valence-corrected chi connectivity index (χ4v) is 9.63. The van der Waals surface area contributed by atoms with Crippen LogP contribution in [0.1, 0.15) is 22.3 Å². The van der Waals surface area contributed by atoms with E-state index in [4.69, 9.17) is 13.1 Å². The summed E-state index contributed by atoms with van der Waals surface area (Å²) in [6, 6.07) is 58.4. The predicted molar refractivity (Wildman–Crippen MR) is 252 cm³/mol. The molecule has 0 fully saturated rings. The fraction of sp³-hybridized carbons (Fsp3) is 0.0357. The number of fused-ring (bicyclic) bond motifs is 8. The molecule has 0 atom stereocenters. The summed E-state index contributed by atoms with van der Waals surface area (Å²) in [5.74, 6) is 0. The maximum atomic E-state index is 9.88. The zero-order valence-electron chi connectivity index (χ0n) is 33.7. The van der Waals surface area contributed by atoms with Crippen LogP contribution in [0.25, 0.3) is 108 Å². The van der Waals surface area contributed by atoms with Crippen LogP contribution >= 0.6 is 0 Å². The smallest absolute Gasteiger partial charge is 0.188 e. The molecule has 0 spiro atoms. The predicted octanol–water partition coefficient (Wildman–Crippen LogP) is 15.0. The number of aryl methyl sites for hydroxylation is 2. The van der Waals surface area contributed by atoms with E-state index in [1.54, 1.807) is 0 Å². The lowest BCUT2D eigenvalue weighted by atomic mass is 9.83. The second-order valence-electron chi connectivity index (χ2n) is 15.8. The Morgan fingerprint density at radius 3 is 1.18 bits per heavy atom. The number of benzene rings is 9. The molecule has 6 nitrogen and oxygen atoms in total. The maximum absolute atomic E-state index is 9.88. The third-order valence-electron chi connectivity index (χ3n) is 12.4. The quantitative estimate of drug-likeness (QED) is 0.132. The molecule has 6 heteroatoms. The minimum absolute atomic E-state index is 0.550. The van der Waals surface area contributed by atoms with Crippen LogP contribution in [-0.2, 0) is 0 Å². The van der Waals surface area contributed by atoms with Gasteiger partial charge >= 0.3 is 0 Å². The van der Waals surface area contributed by atoms with Crippen LogP contribution in [-0.4, -0.2) is 9.13 Å². The molecule has 286 valence electrons. The Morgan fingerprint density at radius 2 is 0.790 bits per heavy atom. The molecular weight excluding hydrogens is 757 g/mol. The number of hydrogen-bond acceptors (Lipinski definition) is 2. The van der Waals surface area contributed by atoms with Gasteiger partial charge in [0.05, 0.1) is 58.5 Å². The Labute approximate surface area is 357 Å². The van der Waals surface area contributed by atoms with Crippen molar-refractivity contribution >= 4 is 76.5 Å². The Morgan fingerprint density at radius 1 is 0.403 bits per heavy atom. The Balaban J connectivity index is 1.28. The first-order valence-corrected chi connectivity index (χ1v) is 20.3. The van der Waals surface area contributed by atoms with Gasteiger partial charge in [0.1, 0.15) is 0 Å². The average molecular weight is 789 g/mol. The van der Waals surface area contributed by atoms with E-state index in [0.717, 1.165) is 110 Å². The van der Waals surface area contributed by atoms with Gasteiger partial charge in [0, 0.05) is 22.1 Å². The van der Waals surface area contributed by atoms with Gasteiger partial charge in [-0.3, -0.25) is 0 Å². The summed E-state index contributed by atoms with van der Waals surface area (Å²) in [5, 5.41) is 27.9. The van der Waals surface area contributed by atoms with E-state index in [1.165, 1.54) is 0 Å². The molecule has 0 saturated heterocycles. The number of nitrogens with zero attached hydrogens (tertiary/aromatic N) is 6. The minimum Gasteiger partial charge on any atom is -0.309 e. The average Bonchev–Trinajstić information content (AvgIpc) is 3.82. The molecule has 0 amide bonds. The molecule has 2 heterocycles. The third-order valence-corrected chi connectivity index (χ3v) is 12.4. The van der Waals surface area contributed by atoms with Crippen LogP contribution in [0.2, 0.25) is 0 Å². The number of aromatic nitrogens is 2. The summed E-state index contributed by atoms with van der Waals surface area (Å²) in [6.07, 6.45) is 0. The van der Waals surface area contributed by atoms with E-state index in [2.05, 4.69) is 130 Å². The molecule has 2 aromatic heterocycles. The summed E-state index contributed by atoms with van der Waals surface area (Å²) in [6.45, 7) is 19.9. The van der Waals surface area contributed by atoms with Gasteiger partial charge in [-0.2, -0.15) is 10.5 Å². The van der Waals surface area contributed by atoms with E-state index in [1.807, 2.05) is 72.8 Å². The topological polar surface area (TPSA) is 66.2 Å². The first kappa shape index (κ1) is 36.2. The second-order valence-corrected chi connectivity index (χ2v) is 15.8. The van der Waals surface area contributed by atoms with Crippen LogP contribution < -0.4 is 0 Å². The fourth-order valence-electron chi connectivity index (χ4n) is 9.63. The first-order chi connectivity index (χ1) is 30.4. The lowest BCUT2D eigenvalue weighted by Gasteiger charge is -2.22. The summed E-state index contributed by atoms with van der Waals surface area (Å²) in [4.78, 5) is 7.48. The van der Waals surface area contributed by atoms with Gasteiger partial charge < -0.3 is 9.13 Å². The molecule has 0 aliphatic carbocycles. The zero-order chi connectivity index (χ0) is 42.2. The second kappa shape index (κ2) is 13.8. The van der Waals surface area contributed by atoms with E-state index in [0.29, 0.717) is 22.5 Å². The van der Waals surface area contributed by atoms with Crippen LogP contribution in [0.3, 0.4) is 0 Å². The van der Waals surface area contributed by atoms with Crippen LogP contribution in [0, 0.1) is 49.7 Å². The lowest BCUT2D eigenvalue weighted by molar-refractivity contribution is 1.18. The van der Waals surface area contributed by atoms with Gasteiger partial charge in [-0.05, 0) is 164 Å². The Kier molecular flexibility index (Phi) is 8.07.